The molecular weight excluding hydrogens is 572 g/mol. The molecule has 242 valence electrons. The van der Waals surface area contributed by atoms with Gasteiger partial charge in [0, 0.05) is 29.6 Å². The number of aliphatic hydroxyl groups is 1. The summed E-state index contributed by atoms with van der Waals surface area (Å²) in [6.07, 6.45) is 12.4. The van der Waals surface area contributed by atoms with Crippen LogP contribution in [0, 0.1) is 0 Å². The summed E-state index contributed by atoms with van der Waals surface area (Å²) in [5.74, 6) is 2.25. The van der Waals surface area contributed by atoms with Crippen molar-refractivity contribution in [1.29, 1.82) is 0 Å². The Hall–Kier alpha value is -4.13. The first-order valence-electron chi connectivity index (χ1n) is 16.2. The topological polar surface area (TPSA) is 140 Å². The minimum absolute atomic E-state index is 0.00998. The summed E-state index contributed by atoms with van der Waals surface area (Å²) in [6.45, 7) is 11.1. The highest BCUT2D eigenvalue weighted by Gasteiger charge is 2.29. The van der Waals surface area contributed by atoms with E-state index >= 15 is 0 Å². The highest BCUT2D eigenvalue weighted by atomic mass is 16.5. The van der Waals surface area contributed by atoms with E-state index in [0.29, 0.717) is 30.1 Å². The maximum atomic E-state index is 13.1. The molecular formula is C32H46N10O3. The summed E-state index contributed by atoms with van der Waals surface area (Å²) < 4.78 is 11.8. The number of urea groups is 1. The summed E-state index contributed by atoms with van der Waals surface area (Å²) in [6, 6.07) is 6.45. The molecule has 1 saturated carbocycles. The van der Waals surface area contributed by atoms with Gasteiger partial charge in [0.05, 0.1) is 43.5 Å². The number of rotatable bonds is 8. The number of amides is 2. The first-order valence-corrected chi connectivity index (χ1v) is 16.2. The van der Waals surface area contributed by atoms with Crippen LogP contribution in [0.4, 0.5) is 16.6 Å². The van der Waals surface area contributed by atoms with Gasteiger partial charge in [0.15, 0.2) is 5.65 Å². The summed E-state index contributed by atoms with van der Waals surface area (Å²) in [4.78, 5) is 15.5. The van der Waals surface area contributed by atoms with Gasteiger partial charge in [-0.1, -0.05) is 20.8 Å². The van der Waals surface area contributed by atoms with E-state index in [1.807, 2.05) is 24.4 Å². The number of nitrogens with zero attached hydrogens (tertiary/aromatic N) is 8. The maximum absolute atomic E-state index is 13.1. The average Bonchev–Trinajstić information content (AvgIpc) is 3.73. The fourth-order valence-electron chi connectivity index (χ4n) is 6.50. The molecule has 4 aromatic rings. The Morgan fingerprint density at radius 2 is 1.80 bits per heavy atom. The summed E-state index contributed by atoms with van der Waals surface area (Å²) >= 11 is 0. The van der Waals surface area contributed by atoms with Crippen molar-refractivity contribution in [3.8, 4) is 11.4 Å². The number of hydrogen-bond acceptors (Lipinski definition) is 8. The molecule has 2 fully saturated rings. The zero-order valence-electron chi connectivity index (χ0n) is 27.0. The van der Waals surface area contributed by atoms with E-state index in [4.69, 9.17) is 9.84 Å². The van der Waals surface area contributed by atoms with E-state index in [9.17, 15) is 9.90 Å². The van der Waals surface area contributed by atoms with Crippen LogP contribution in [-0.4, -0.2) is 76.1 Å². The second-order valence-corrected chi connectivity index (χ2v) is 13.6. The fraction of sp³-hybridized carbons (Fsp3) is 0.594. The van der Waals surface area contributed by atoms with Crippen molar-refractivity contribution in [3.63, 3.8) is 0 Å². The Labute approximate surface area is 264 Å². The smallest absolute Gasteiger partial charge is 0.320 e. The quantitative estimate of drug-likeness (QED) is 0.259. The highest BCUT2D eigenvalue weighted by molar-refractivity contribution is 5.89. The average molecular weight is 619 g/mol. The van der Waals surface area contributed by atoms with Crippen LogP contribution in [0.2, 0.25) is 0 Å². The van der Waals surface area contributed by atoms with Crippen LogP contribution in [0.3, 0.4) is 0 Å². The Morgan fingerprint density at radius 3 is 2.51 bits per heavy atom. The van der Waals surface area contributed by atoms with Gasteiger partial charge in [-0.15, -0.1) is 10.2 Å². The number of carbonyl (C=O) groups is 1. The van der Waals surface area contributed by atoms with Crippen LogP contribution in [0.25, 0.3) is 11.3 Å². The second-order valence-electron chi connectivity index (χ2n) is 13.6. The molecule has 1 aliphatic heterocycles. The van der Waals surface area contributed by atoms with Crippen molar-refractivity contribution in [1.82, 2.24) is 39.5 Å². The predicted molar refractivity (Wildman–Crippen MR) is 172 cm³/mol. The molecule has 2 amide bonds. The van der Waals surface area contributed by atoms with Gasteiger partial charge < -0.3 is 20.1 Å². The lowest BCUT2D eigenvalue weighted by Crippen LogP contribution is -2.44. The van der Waals surface area contributed by atoms with Gasteiger partial charge in [-0.05, 0) is 70.9 Å². The Balaban J connectivity index is 1.06. The Bertz CT molecular complexity index is 1600. The van der Waals surface area contributed by atoms with E-state index in [1.165, 1.54) is 6.42 Å². The summed E-state index contributed by atoms with van der Waals surface area (Å²) in [7, 11) is 0. The molecule has 6 rings (SSSR count). The lowest BCUT2D eigenvalue weighted by Gasteiger charge is -2.39. The van der Waals surface area contributed by atoms with Gasteiger partial charge in [-0.3, -0.25) is 14.4 Å². The zero-order chi connectivity index (χ0) is 31.7. The van der Waals surface area contributed by atoms with Crippen LogP contribution in [-0.2, 0) is 12.0 Å². The number of hydrogen-bond donors (Lipinski definition) is 3. The third kappa shape index (κ3) is 6.77. The van der Waals surface area contributed by atoms with Crippen molar-refractivity contribution in [3.05, 3.63) is 42.5 Å². The molecule has 2 aliphatic rings. The van der Waals surface area contributed by atoms with Crippen LogP contribution >= 0.6 is 0 Å². The van der Waals surface area contributed by atoms with Crippen LogP contribution in [0.15, 0.2) is 36.8 Å². The Kier molecular flexibility index (Phi) is 8.71. The van der Waals surface area contributed by atoms with Crippen molar-refractivity contribution in [2.24, 2.45) is 0 Å². The van der Waals surface area contributed by atoms with Gasteiger partial charge in [-0.25, -0.2) is 9.48 Å². The molecule has 5 heterocycles. The molecule has 1 saturated heterocycles. The molecule has 3 N–H and O–H groups in total. The number of anilines is 2. The molecule has 13 heteroatoms. The van der Waals surface area contributed by atoms with Crippen molar-refractivity contribution in [2.45, 2.75) is 116 Å². The third-order valence-electron chi connectivity index (χ3n) is 9.01. The zero-order valence-corrected chi connectivity index (χ0v) is 27.0. The van der Waals surface area contributed by atoms with Gasteiger partial charge in [0.1, 0.15) is 17.3 Å². The van der Waals surface area contributed by atoms with Crippen molar-refractivity contribution >= 4 is 23.4 Å². The van der Waals surface area contributed by atoms with E-state index in [1.54, 1.807) is 21.8 Å². The number of pyridine rings is 1. The first-order chi connectivity index (χ1) is 21.6. The van der Waals surface area contributed by atoms with E-state index < -0.39 is 0 Å². The largest absolute Gasteiger partial charge is 0.489 e. The molecule has 0 bridgehead atoms. The van der Waals surface area contributed by atoms with E-state index in [2.05, 4.69) is 69.8 Å². The van der Waals surface area contributed by atoms with Crippen LogP contribution < -0.4 is 20.3 Å². The standard InChI is InChI=1S/C32H46N10O3/c1-21-7-6-8-22(2)41(21)31-37-36-28-14-13-26(20-40(28)31)45-25-11-9-23(10-12-25)34-30(44)35-29-17-27(32(3,4)5)38-42(29)24-18-33-39(19-24)15-16-43/h13-14,17-23,25,43H,6-12,15-16H2,1-5H3,(H2,34,35,44)/t21-,22+,23?,25?. The highest BCUT2D eigenvalue weighted by Crippen LogP contribution is 2.31. The molecule has 2 atom stereocenters. The minimum atomic E-state index is -0.268. The number of aliphatic hydroxyl groups excluding tert-OH is 1. The number of carbonyl (C=O) groups excluding carboxylic acids is 1. The van der Waals surface area contributed by atoms with Crippen LogP contribution in [0.1, 0.15) is 85.3 Å². The number of nitrogens with one attached hydrogen (secondary N) is 2. The maximum Gasteiger partial charge on any atom is 0.320 e. The molecule has 0 aromatic carbocycles. The van der Waals surface area contributed by atoms with Gasteiger partial charge >= 0.3 is 6.03 Å². The van der Waals surface area contributed by atoms with Crippen LogP contribution in [0.5, 0.6) is 5.75 Å². The first kappa shape index (κ1) is 30.9. The predicted octanol–water partition coefficient (Wildman–Crippen LogP) is 4.68. The van der Waals surface area contributed by atoms with E-state index in [-0.39, 0.29) is 30.2 Å². The number of fused-ring (bicyclic) bond motifs is 1. The van der Waals surface area contributed by atoms with E-state index in [0.717, 1.165) is 61.6 Å². The molecule has 13 nitrogen and oxygen atoms in total. The van der Waals surface area contributed by atoms with Gasteiger partial charge in [0.2, 0.25) is 5.95 Å². The Morgan fingerprint density at radius 1 is 1.04 bits per heavy atom. The number of piperidine rings is 1. The third-order valence-corrected chi connectivity index (χ3v) is 9.01. The summed E-state index contributed by atoms with van der Waals surface area (Å²) in [5, 5.41) is 33.4. The molecule has 0 unspecified atom stereocenters. The summed E-state index contributed by atoms with van der Waals surface area (Å²) in [5.41, 5.74) is 2.17. The number of aromatic nitrogens is 7. The molecule has 45 heavy (non-hydrogen) atoms. The molecule has 0 radical (unpaired) electrons. The van der Waals surface area contributed by atoms with Crippen molar-refractivity contribution < 1.29 is 14.6 Å². The fourth-order valence-corrected chi connectivity index (χ4v) is 6.50. The minimum Gasteiger partial charge on any atom is -0.489 e. The van der Waals surface area contributed by atoms with Gasteiger partial charge in [-0.2, -0.15) is 10.2 Å². The number of ether oxygens (including phenoxy) is 1. The molecule has 0 spiro atoms. The SMILES string of the molecule is C[C@@H]1CCC[C@H](C)N1c1nnc2ccc(OC3CCC(NC(=O)Nc4cc(C(C)(C)C)nn4-c4cnn(CCO)c4)CC3)cn12. The lowest BCUT2D eigenvalue weighted by molar-refractivity contribution is 0.140. The normalized spacial score (nSPS) is 22.5. The monoisotopic (exact) mass is 618 g/mol. The molecule has 4 aromatic heterocycles. The molecule has 1 aliphatic carbocycles. The second kappa shape index (κ2) is 12.7. The van der Waals surface area contributed by atoms with Gasteiger partial charge in [0.25, 0.3) is 0 Å². The van der Waals surface area contributed by atoms with Crippen molar-refractivity contribution in [2.75, 3.05) is 16.8 Å². The lowest BCUT2D eigenvalue weighted by atomic mass is 9.92.